The second-order valence-corrected chi connectivity index (χ2v) is 5.06. The summed E-state index contributed by atoms with van der Waals surface area (Å²) in [4.78, 5) is 11.4. The highest BCUT2D eigenvalue weighted by atomic mass is 16.5. The summed E-state index contributed by atoms with van der Waals surface area (Å²) in [7, 11) is 1.65. The fourth-order valence-electron chi connectivity index (χ4n) is 1.13. The van der Waals surface area contributed by atoms with Crippen LogP contribution in [0.4, 0.5) is 0 Å². The van der Waals surface area contributed by atoms with Gasteiger partial charge in [0.05, 0.1) is 18.8 Å². The van der Waals surface area contributed by atoms with E-state index in [9.17, 15) is 4.79 Å². The monoisotopic (exact) mass is 261 g/mol. The Bertz CT molecular complexity index is 214. The first kappa shape index (κ1) is 17.4. The van der Waals surface area contributed by atoms with Crippen LogP contribution in [0.3, 0.4) is 0 Å². The molecule has 0 bridgehead atoms. The topological polar surface area (TPSA) is 56.8 Å². The Kier molecular flexibility index (Phi) is 9.92. The zero-order chi connectivity index (χ0) is 13.9. The van der Waals surface area contributed by atoms with Gasteiger partial charge in [0.2, 0.25) is 5.91 Å². The molecular formula is C13H27NO4. The first-order valence-corrected chi connectivity index (χ1v) is 6.43. The molecule has 18 heavy (non-hydrogen) atoms. The summed E-state index contributed by atoms with van der Waals surface area (Å²) in [6.07, 6.45) is 1.85. The summed E-state index contributed by atoms with van der Waals surface area (Å²) in [5.74, 6) is -0.0646. The summed E-state index contributed by atoms with van der Waals surface area (Å²) in [6.45, 7) is 8.53. The van der Waals surface area contributed by atoms with Crippen LogP contribution in [0.15, 0.2) is 0 Å². The fraction of sp³-hybridized carbons (Fsp3) is 0.923. The second-order valence-electron chi connectivity index (χ2n) is 5.06. The molecule has 0 rings (SSSR count). The first-order chi connectivity index (χ1) is 8.45. The van der Waals surface area contributed by atoms with Gasteiger partial charge in [-0.05, 0) is 33.6 Å². The summed E-state index contributed by atoms with van der Waals surface area (Å²) in [6, 6.07) is 0. The maximum Gasteiger partial charge on any atom is 0.246 e. The normalized spacial score (nSPS) is 11.6. The minimum atomic E-state index is -0.271. The van der Waals surface area contributed by atoms with Crippen molar-refractivity contribution in [1.82, 2.24) is 5.32 Å². The molecule has 0 saturated heterocycles. The van der Waals surface area contributed by atoms with Crippen molar-refractivity contribution in [3.8, 4) is 0 Å². The third kappa shape index (κ3) is 13.4. The van der Waals surface area contributed by atoms with E-state index < -0.39 is 0 Å². The number of carbonyl (C=O) groups is 1. The Hall–Kier alpha value is -0.650. The maximum atomic E-state index is 11.4. The SMILES string of the molecule is COCCOCCCCNC(=O)COC(C)(C)C. The molecule has 0 atom stereocenters. The van der Waals surface area contributed by atoms with Gasteiger partial charge >= 0.3 is 0 Å². The van der Waals surface area contributed by atoms with E-state index in [-0.39, 0.29) is 18.1 Å². The summed E-state index contributed by atoms with van der Waals surface area (Å²) in [5, 5.41) is 2.81. The molecule has 0 aromatic rings. The van der Waals surface area contributed by atoms with Gasteiger partial charge in [0, 0.05) is 20.3 Å². The van der Waals surface area contributed by atoms with Gasteiger partial charge in [-0.15, -0.1) is 0 Å². The van der Waals surface area contributed by atoms with Crippen LogP contribution < -0.4 is 5.32 Å². The highest BCUT2D eigenvalue weighted by Gasteiger charge is 2.12. The van der Waals surface area contributed by atoms with E-state index in [1.807, 2.05) is 20.8 Å². The molecule has 0 aromatic carbocycles. The molecule has 0 spiro atoms. The van der Waals surface area contributed by atoms with Gasteiger partial charge < -0.3 is 19.5 Å². The fourth-order valence-corrected chi connectivity index (χ4v) is 1.13. The Morgan fingerprint density at radius 2 is 1.83 bits per heavy atom. The van der Waals surface area contributed by atoms with Gasteiger partial charge in [-0.3, -0.25) is 4.79 Å². The van der Waals surface area contributed by atoms with Crippen LogP contribution in [0, 0.1) is 0 Å². The molecule has 1 N–H and O–H groups in total. The molecule has 0 aliphatic carbocycles. The van der Waals surface area contributed by atoms with E-state index in [1.54, 1.807) is 7.11 Å². The van der Waals surface area contributed by atoms with Crippen LogP contribution in [0.2, 0.25) is 0 Å². The minimum Gasteiger partial charge on any atom is -0.382 e. The molecule has 5 heteroatoms. The number of nitrogens with one attached hydrogen (secondary N) is 1. The summed E-state index contributed by atoms with van der Waals surface area (Å²) < 4.78 is 15.5. The van der Waals surface area contributed by atoms with Gasteiger partial charge in [-0.25, -0.2) is 0 Å². The van der Waals surface area contributed by atoms with Crippen LogP contribution in [-0.4, -0.2) is 51.6 Å². The smallest absolute Gasteiger partial charge is 0.246 e. The average molecular weight is 261 g/mol. The van der Waals surface area contributed by atoms with Crippen molar-refractivity contribution in [3.05, 3.63) is 0 Å². The van der Waals surface area contributed by atoms with Crippen LogP contribution in [0.25, 0.3) is 0 Å². The quantitative estimate of drug-likeness (QED) is 0.603. The largest absolute Gasteiger partial charge is 0.382 e. The molecule has 0 aliphatic heterocycles. The van der Waals surface area contributed by atoms with Gasteiger partial charge in [0.15, 0.2) is 0 Å². The minimum absolute atomic E-state index is 0.0646. The number of carbonyl (C=O) groups excluding carboxylic acids is 1. The molecule has 0 saturated carbocycles. The van der Waals surface area contributed by atoms with E-state index >= 15 is 0 Å². The molecule has 108 valence electrons. The summed E-state index contributed by atoms with van der Waals surface area (Å²) >= 11 is 0. The van der Waals surface area contributed by atoms with Gasteiger partial charge in [0.25, 0.3) is 0 Å². The number of rotatable bonds is 10. The molecule has 1 amide bonds. The van der Waals surface area contributed by atoms with E-state index in [1.165, 1.54) is 0 Å². The number of hydrogen-bond donors (Lipinski definition) is 1. The van der Waals surface area contributed by atoms with E-state index in [4.69, 9.17) is 14.2 Å². The second kappa shape index (κ2) is 10.3. The van der Waals surface area contributed by atoms with Crippen molar-refractivity contribution >= 4 is 5.91 Å². The molecule has 5 nitrogen and oxygen atoms in total. The number of unbranched alkanes of at least 4 members (excludes halogenated alkanes) is 1. The average Bonchev–Trinajstić information content (AvgIpc) is 2.29. The highest BCUT2D eigenvalue weighted by molar-refractivity contribution is 5.77. The number of ether oxygens (including phenoxy) is 3. The molecule has 0 unspecified atom stereocenters. The van der Waals surface area contributed by atoms with Gasteiger partial charge in [-0.1, -0.05) is 0 Å². The van der Waals surface area contributed by atoms with Crippen molar-refractivity contribution < 1.29 is 19.0 Å². The molecule has 0 fully saturated rings. The lowest BCUT2D eigenvalue weighted by atomic mass is 10.2. The predicted octanol–water partition coefficient (Wildman–Crippen LogP) is 1.36. The molecule has 0 heterocycles. The standard InChI is InChI=1S/C13H27NO4/c1-13(2,3)18-11-12(15)14-7-5-6-8-17-10-9-16-4/h5-11H2,1-4H3,(H,14,15). The van der Waals surface area contributed by atoms with E-state index in [2.05, 4.69) is 5.32 Å². The zero-order valence-electron chi connectivity index (χ0n) is 12.1. The van der Waals surface area contributed by atoms with Crippen molar-refractivity contribution in [2.24, 2.45) is 0 Å². The Morgan fingerprint density at radius 1 is 1.11 bits per heavy atom. The van der Waals surface area contributed by atoms with E-state index in [0.717, 1.165) is 12.8 Å². The zero-order valence-corrected chi connectivity index (χ0v) is 12.1. The molecular weight excluding hydrogens is 234 g/mol. The van der Waals surface area contributed by atoms with Crippen LogP contribution in [0.5, 0.6) is 0 Å². The molecule has 0 aromatic heterocycles. The number of hydrogen-bond acceptors (Lipinski definition) is 4. The lowest BCUT2D eigenvalue weighted by Gasteiger charge is -2.18. The highest BCUT2D eigenvalue weighted by Crippen LogP contribution is 2.05. The Labute approximate surface area is 110 Å². The lowest BCUT2D eigenvalue weighted by molar-refractivity contribution is -0.130. The van der Waals surface area contributed by atoms with Crippen LogP contribution in [-0.2, 0) is 19.0 Å². The van der Waals surface area contributed by atoms with Crippen molar-refractivity contribution in [2.45, 2.75) is 39.2 Å². The predicted molar refractivity (Wildman–Crippen MR) is 70.6 cm³/mol. The van der Waals surface area contributed by atoms with Gasteiger partial charge in [-0.2, -0.15) is 0 Å². The maximum absolute atomic E-state index is 11.4. The van der Waals surface area contributed by atoms with Crippen molar-refractivity contribution in [3.63, 3.8) is 0 Å². The first-order valence-electron chi connectivity index (χ1n) is 6.43. The van der Waals surface area contributed by atoms with Crippen molar-refractivity contribution in [2.75, 3.05) is 40.1 Å². The lowest BCUT2D eigenvalue weighted by Crippen LogP contribution is -2.32. The molecule has 0 aliphatic rings. The van der Waals surface area contributed by atoms with Crippen LogP contribution in [0.1, 0.15) is 33.6 Å². The number of amides is 1. The van der Waals surface area contributed by atoms with Crippen LogP contribution >= 0.6 is 0 Å². The Morgan fingerprint density at radius 3 is 2.44 bits per heavy atom. The Balaban J connectivity index is 3.25. The third-order valence-electron chi connectivity index (χ3n) is 2.11. The van der Waals surface area contributed by atoms with Gasteiger partial charge in [0.1, 0.15) is 6.61 Å². The molecule has 0 radical (unpaired) electrons. The van der Waals surface area contributed by atoms with E-state index in [0.29, 0.717) is 26.4 Å². The summed E-state index contributed by atoms with van der Waals surface area (Å²) in [5.41, 5.74) is -0.271. The number of methoxy groups -OCH3 is 1. The van der Waals surface area contributed by atoms with Crippen molar-refractivity contribution in [1.29, 1.82) is 0 Å². The third-order valence-corrected chi connectivity index (χ3v) is 2.11.